The highest BCUT2D eigenvalue weighted by Crippen LogP contribution is 2.26. The predicted molar refractivity (Wildman–Crippen MR) is 52.6 cm³/mol. The molecule has 0 unspecified atom stereocenters. The normalized spacial score (nSPS) is 12.8. The number of benzene rings is 1. The van der Waals surface area contributed by atoms with E-state index >= 15 is 0 Å². The maximum atomic E-state index is 11.2. The summed E-state index contributed by atoms with van der Waals surface area (Å²) in [5.41, 5.74) is 0.706. The smallest absolute Gasteiger partial charge is 0.218 e. The van der Waals surface area contributed by atoms with Gasteiger partial charge in [-0.05, 0) is 19.4 Å². The van der Waals surface area contributed by atoms with Crippen molar-refractivity contribution in [2.45, 2.75) is 18.6 Å². The lowest BCUT2D eigenvalue weighted by molar-refractivity contribution is 0.556. The summed E-state index contributed by atoms with van der Waals surface area (Å²) in [4.78, 5) is 0. The third-order valence-electron chi connectivity index (χ3n) is 2.18. The SMILES string of the molecule is CC(C)(c1ccccc1)S(N)(=O)=O. The van der Waals surface area contributed by atoms with Gasteiger partial charge in [-0.15, -0.1) is 0 Å². The van der Waals surface area contributed by atoms with Gasteiger partial charge in [-0.2, -0.15) is 0 Å². The first-order valence-corrected chi connectivity index (χ1v) is 5.48. The highest BCUT2D eigenvalue weighted by Gasteiger charge is 2.32. The highest BCUT2D eigenvalue weighted by molar-refractivity contribution is 7.90. The summed E-state index contributed by atoms with van der Waals surface area (Å²) in [7, 11) is -3.56. The first-order chi connectivity index (χ1) is 5.86. The molecular formula is C9H13NO2S. The van der Waals surface area contributed by atoms with Crippen LogP contribution in [-0.4, -0.2) is 8.42 Å². The van der Waals surface area contributed by atoms with Crippen LogP contribution in [0.1, 0.15) is 19.4 Å². The van der Waals surface area contributed by atoms with Crippen molar-refractivity contribution in [3.63, 3.8) is 0 Å². The zero-order valence-corrected chi connectivity index (χ0v) is 8.51. The average molecular weight is 199 g/mol. The summed E-state index contributed by atoms with van der Waals surface area (Å²) in [5, 5.41) is 5.12. The number of sulfonamides is 1. The molecule has 0 saturated carbocycles. The number of hydrogen-bond acceptors (Lipinski definition) is 2. The van der Waals surface area contributed by atoms with Crippen molar-refractivity contribution < 1.29 is 8.42 Å². The molecule has 1 aromatic rings. The topological polar surface area (TPSA) is 60.2 Å². The van der Waals surface area contributed by atoms with Crippen molar-refractivity contribution in [1.82, 2.24) is 0 Å². The zero-order chi connectivity index (χ0) is 10.1. The van der Waals surface area contributed by atoms with Crippen LogP contribution in [0.2, 0.25) is 0 Å². The van der Waals surface area contributed by atoms with E-state index in [0.29, 0.717) is 5.56 Å². The summed E-state index contributed by atoms with van der Waals surface area (Å²) < 4.78 is 21.4. The Balaban J connectivity index is 3.24. The molecule has 13 heavy (non-hydrogen) atoms. The van der Waals surface area contributed by atoms with Crippen LogP contribution >= 0.6 is 0 Å². The van der Waals surface area contributed by atoms with Gasteiger partial charge in [0.15, 0.2) is 0 Å². The van der Waals surface area contributed by atoms with E-state index in [0.717, 1.165) is 0 Å². The van der Waals surface area contributed by atoms with Gasteiger partial charge in [0.2, 0.25) is 10.0 Å². The van der Waals surface area contributed by atoms with Crippen LogP contribution in [0.3, 0.4) is 0 Å². The quantitative estimate of drug-likeness (QED) is 0.778. The monoisotopic (exact) mass is 199 g/mol. The molecule has 0 saturated heterocycles. The van der Waals surface area contributed by atoms with Gasteiger partial charge in [-0.3, -0.25) is 0 Å². The minimum absolute atomic E-state index is 0.706. The number of rotatable bonds is 2. The molecule has 0 aliphatic heterocycles. The molecule has 0 fully saturated rings. The van der Waals surface area contributed by atoms with E-state index in [9.17, 15) is 8.42 Å². The summed E-state index contributed by atoms with van der Waals surface area (Å²) in [6, 6.07) is 8.93. The molecule has 0 bridgehead atoms. The average Bonchev–Trinajstić information content (AvgIpc) is 2.04. The van der Waals surface area contributed by atoms with Gasteiger partial charge < -0.3 is 0 Å². The van der Waals surface area contributed by atoms with Crippen LogP contribution < -0.4 is 5.14 Å². The second kappa shape index (κ2) is 3.12. The Kier molecular flexibility index (Phi) is 2.45. The number of hydrogen-bond donors (Lipinski definition) is 1. The van der Waals surface area contributed by atoms with E-state index in [-0.39, 0.29) is 0 Å². The Labute approximate surface area is 78.6 Å². The van der Waals surface area contributed by atoms with Crippen LogP contribution in [0.5, 0.6) is 0 Å². The van der Waals surface area contributed by atoms with Gasteiger partial charge in [-0.25, -0.2) is 13.6 Å². The van der Waals surface area contributed by atoms with Crippen molar-refractivity contribution in [2.24, 2.45) is 5.14 Å². The fraction of sp³-hybridized carbons (Fsp3) is 0.333. The Morgan fingerprint density at radius 1 is 1.15 bits per heavy atom. The van der Waals surface area contributed by atoms with Crippen LogP contribution in [0, 0.1) is 0 Å². The van der Waals surface area contributed by atoms with Crippen molar-refractivity contribution in [3.8, 4) is 0 Å². The summed E-state index contributed by atoms with van der Waals surface area (Å²) in [5.74, 6) is 0. The molecular weight excluding hydrogens is 186 g/mol. The molecule has 0 aromatic heterocycles. The van der Waals surface area contributed by atoms with Crippen LogP contribution in [0.25, 0.3) is 0 Å². The molecule has 0 spiro atoms. The van der Waals surface area contributed by atoms with Gasteiger partial charge >= 0.3 is 0 Å². The van der Waals surface area contributed by atoms with E-state index in [2.05, 4.69) is 0 Å². The van der Waals surface area contributed by atoms with Crippen molar-refractivity contribution in [2.75, 3.05) is 0 Å². The lowest BCUT2D eigenvalue weighted by Gasteiger charge is -2.22. The lowest BCUT2D eigenvalue weighted by Crippen LogP contribution is -2.35. The molecule has 0 aliphatic rings. The van der Waals surface area contributed by atoms with Crippen molar-refractivity contribution in [1.29, 1.82) is 0 Å². The standard InChI is InChI=1S/C9H13NO2S/c1-9(2,13(10,11)12)8-6-4-3-5-7-8/h3-7H,1-2H3,(H2,10,11,12). The maximum Gasteiger partial charge on any atom is 0.218 e. The van der Waals surface area contributed by atoms with Crippen LogP contribution in [0.4, 0.5) is 0 Å². The third kappa shape index (κ3) is 1.89. The first kappa shape index (κ1) is 10.2. The Bertz CT molecular complexity index is 381. The predicted octanol–water partition coefficient (Wildman–Crippen LogP) is 1.21. The highest BCUT2D eigenvalue weighted by atomic mass is 32.2. The molecule has 4 heteroatoms. The van der Waals surface area contributed by atoms with E-state index in [4.69, 9.17) is 5.14 Å². The van der Waals surface area contributed by atoms with Crippen LogP contribution in [-0.2, 0) is 14.8 Å². The molecule has 0 aliphatic carbocycles. The minimum atomic E-state index is -3.56. The molecule has 0 radical (unpaired) electrons. The first-order valence-electron chi connectivity index (χ1n) is 3.93. The third-order valence-corrected chi connectivity index (χ3v) is 3.84. The van der Waals surface area contributed by atoms with Gasteiger partial charge in [0.1, 0.15) is 4.75 Å². The largest absolute Gasteiger partial charge is 0.228 e. The fourth-order valence-corrected chi connectivity index (χ4v) is 1.47. The Morgan fingerprint density at radius 3 is 2.00 bits per heavy atom. The zero-order valence-electron chi connectivity index (χ0n) is 7.69. The molecule has 2 N–H and O–H groups in total. The van der Waals surface area contributed by atoms with Gasteiger partial charge in [0.05, 0.1) is 0 Å². The van der Waals surface area contributed by atoms with E-state index < -0.39 is 14.8 Å². The van der Waals surface area contributed by atoms with Crippen molar-refractivity contribution in [3.05, 3.63) is 35.9 Å². The molecule has 1 rings (SSSR count). The summed E-state index contributed by atoms with van der Waals surface area (Å²) >= 11 is 0. The molecule has 72 valence electrons. The van der Waals surface area contributed by atoms with E-state index in [1.807, 2.05) is 6.07 Å². The molecule has 0 atom stereocenters. The lowest BCUT2D eigenvalue weighted by atomic mass is 10.0. The van der Waals surface area contributed by atoms with Gasteiger partial charge in [0.25, 0.3) is 0 Å². The van der Waals surface area contributed by atoms with Gasteiger partial charge in [-0.1, -0.05) is 30.3 Å². The van der Waals surface area contributed by atoms with E-state index in [1.54, 1.807) is 38.1 Å². The molecule has 0 heterocycles. The second-order valence-corrected chi connectivity index (χ2v) is 5.53. The fourth-order valence-electron chi connectivity index (χ4n) is 1.00. The maximum absolute atomic E-state index is 11.2. The van der Waals surface area contributed by atoms with E-state index in [1.165, 1.54) is 0 Å². The minimum Gasteiger partial charge on any atom is -0.228 e. The molecule has 3 nitrogen and oxygen atoms in total. The summed E-state index contributed by atoms with van der Waals surface area (Å²) in [6.07, 6.45) is 0. The van der Waals surface area contributed by atoms with Crippen LogP contribution in [0.15, 0.2) is 30.3 Å². The van der Waals surface area contributed by atoms with Gasteiger partial charge in [0, 0.05) is 0 Å². The Morgan fingerprint density at radius 2 is 1.62 bits per heavy atom. The molecule has 0 amide bonds. The van der Waals surface area contributed by atoms with Crippen molar-refractivity contribution >= 4 is 10.0 Å². The number of primary sulfonamides is 1. The molecule has 1 aromatic carbocycles. The second-order valence-electron chi connectivity index (χ2n) is 3.42. The number of nitrogens with two attached hydrogens (primary N) is 1. The Hall–Kier alpha value is -0.870. The summed E-state index contributed by atoms with van der Waals surface area (Å²) in [6.45, 7) is 3.19.